The summed E-state index contributed by atoms with van der Waals surface area (Å²) >= 11 is 0. The second-order valence-corrected chi connectivity index (χ2v) is 3.32. The van der Waals surface area contributed by atoms with Gasteiger partial charge >= 0.3 is 5.97 Å². The lowest BCUT2D eigenvalue weighted by atomic mass is 10.2. The van der Waals surface area contributed by atoms with Crippen LogP contribution in [-0.2, 0) is 9.53 Å². The second kappa shape index (κ2) is 7.46. The molecular weight excluding hydrogens is 200 g/mol. The molecule has 0 aromatic heterocycles. The summed E-state index contributed by atoms with van der Waals surface area (Å²) in [4.78, 5) is 10.4. The number of ether oxygens (including phenoxy) is 1. The summed E-state index contributed by atoms with van der Waals surface area (Å²) in [5.74, 6) is -0.246. The number of hydrogen-bond donors (Lipinski definition) is 0. The normalized spacial score (nSPS) is 11.1. The SMILES string of the molecule is CC(=O)OC/C=C/C/C=C/c1ccccc1. The van der Waals surface area contributed by atoms with Gasteiger partial charge in [0, 0.05) is 6.92 Å². The van der Waals surface area contributed by atoms with Gasteiger partial charge in [-0.2, -0.15) is 0 Å². The van der Waals surface area contributed by atoms with E-state index in [1.807, 2.05) is 30.4 Å². The monoisotopic (exact) mass is 216 g/mol. The molecule has 0 aliphatic rings. The number of allylic oxidation sites excluding steroid dienone is 2. The maximum atomic E-state index is 10.4. The second-order valence-electron chi connectivity index (χ2n) is 3.32. The van der Waals surface area contributed by atoms with E-state index >= 15 is 0 Å². The molecule has 0 fully saturated rings. The van der Waals surface area contributed by atoms with Crippen LogP contribution in [0.1, 0.15) is 18.9 Å². The number of esters is 1. The Balaban J connectivity index is 2.20. The third-order valence-corrected chi connectivity index (χ3v) is 1.93. The zero-order valence-corrected chi connectivity index (χ0v) is 9.43. The highest BCUT2D eigenvalue weighted by molar-refractivity contribution is 5.65. The fraction of sp³-hybridized carbons (Fsp3) is 0.214. The Kier molecular flexibility index (Phi) is 5.71. The summed E-state index contributed by atoms with van der Waals surface area (Å²) in [7, 11) is 0. The molecule has 0 spiro atoms. The molecule has 0 N–H and O–H groups in total. The van der Waals surface area contributed by atoms with Crippen molar-refractivity contribution in [3.05, 3.63) is 54.1 Å². The first-order valence-electron chi connectivity index (χ1n) is 5.29. The Morgan fingerprint density at radius 3 is 2.62 bits per heavy atom. The highest BCUT2D eigenvalue weighted by Crippen LogP contribution is 2.01. The molecule has 0 radical (unpaired) electrons. The van der Waals surface area contributed by atoms with E-state index in [2.05, 4.69) is 24.3 Å². The van der Waals surface area contributed by atoms with Crippen LogP contribution in [-0.4, -0.2) is 12.6 Å². The van der Waals surface area contributed by atoms with Gasteiger partial charge in [0.25, 0.3) is 0 Å². The molecule has 0 unspecified atom stereocenters. The first kappa shape index (κ1) is 12.2. The molecule has 0 saturated carbocycles. The maximum absolute atomic E-state index is 10.4. The van der Waals surface area contributed by atoms with Crippen molar-refractivity contribution in [1.82, 2.24) is 0 Å². The van der Waals surface area contributed by atoms with Crippen molar-refractivity contribution >= 4 is 12.0 Å². The minimum Gasteiger partial charge on any atom is -0.462 e. The quantitative estimate of drug-likeness (QED) is 0.558. The van der Waals surface area contributed by atoms with E-state index < -0.39 is 0 Å². The predicted octanol–water partition coefficient (Wildman–Crippen LogP) is 3.21. The van der Waals surface area contributed by atoms with Gasteiger partial charge in [0.05, 0.1) is 0 Å². The van der Waals surface area contributed by atoms with E-state index in [1.54, 1.807) is 0 Å². The Morgan fingerprint density at radius 2 is 1.94 bits per heavy atom. The largest absolute Gasteiger partial charge is 0.462 e. The highest BCUT2D eigenvalue weighted by atomic mass is 16.5. The first-order chi connectivity index (χ1) is 7.79. The Morgan fingerprint density at radius 1 is 1.19 bits per heavy atom. The lowest BCUT2D eigenvalue weighted by Gasteiger charge is -1.93. The average molecular weight is 216 g/mol. The zero-order valence-electron chi connectivity index (χ0n) is 9.43. The van der Waals surface area contributed by atoms with E-state index in [9.17, 15) is 4.79 Å². The molecule has 0 saturated heterocycles. The summed E-state index contributed by atoms with van der Waals surface area (Å²) in [6.07, 6.45) is 8.80. The zero-order chi connectivity index (χ0) is 11.6. The molecule has 84 valence electrons. The molecule has 1 rings (SSSR count). The van der Waals surface area contributed by atoms with Crippen LogP contribution in [0.2, 0.25) is 0 Å². The van der Waals surface area contributed by atoms with Crippen molar-refractivity contribution < 1.29 is 9.53 Å². The number of benzene rings is 1. The molecule has 0 atom stereocenters. The van der Waals surface area contributed by atoms with Crippen LogP contribution in [0.5, 0.6) is 0 Å². The van der Waals surface area contributed by atoms with E-state index in [0.29, 0.717) is 6.61 Å². The van der Waals surface area contributed by atoms with Gasteiger partial charge in [-0.25, -0.2) is 0 Å². The maximum Gasteiger partial charge on any atom is 0.302 e. The number of carbonyl (C=O) groups is 1. The smallest absolute Gasteiger partial charge is 0.302 e. The van der Waals surface area contributed by atoms with Crippen molar-refractivity contribution in [3.8, 4) is 0 Å². The van der Waals surface area contributed by atoms with Gasteiger partial charge in [0.1, 0.15) is 6.61 Å². The minimum absolute atomic E-state index is 0.246. The van der Waals surface area contributed by atoms with Gasteiger partial charge in [-0.15, -0.1) is 0 Å². The topological polar surface area (TPSA) is 26.3 Å². The van der Waals surface area contributed by atoms with Crippen LogP contribution in [0.4, 0.5) is 0 Å². The molecule has 2 heteroatoms. The average Bonchev–Trinajstić information content (AvgIpc) is 2.29. The fourth-order valence-corrected chi connectivity index (χ4v) is 1.18. The summed E-state index contributed by atoms with van der Waals surface area (Å²) < 4.78 is 4.76. The summed E-state index contributed by atoms with van der Waals surface area (Å²) in [6.45, 7) is 1.76. The van der Waals surface area contributed by atoms with E-state index in [0.717, 1.165) is 6.42 Å². The van der Waals surface area contributed by atoms with Crippen LogP contribution in [0.25, 0.3) is 6.08 Å². The Hall–Kier alpha value is -1.83. The lowest BCUT2D eigenvalue weighted by Crippen LogP contribution is -1.97. The standard InChI is InChI=1S/C14H16O2/c1-13(15)16-12-8-3-2-5-9-14-10-6-4-7-11-14/h3-11H,2,12H2,1H3/b8-3+,9-5+. The van der Waals surface area contributed by atoms with Crippen molar-refractivity contribution in [2.24, 2.45) is 0 Å². The number of hydrogen-bond acceptors (Lipinski definition) is 2. The molecule has 0 bridgehead atoms. The van der Waals surface area contributed by atoms with Crippen LogP contribution in [0.15, 0.2) is 48.6 Å². The van der Waals surface area contributed by atoms with Gasteiger partial charge in [-0.1, -0.05) is 54.6 Å². The molecule has 16 heavy (non-hydrogen) atoms. The Bertz CT molecular complexity index is 364. The molecular formula is C14H16O2. The van der Waals surface area contributed by atoms with Gasteiger partial charge < -0.3 is 4.74 Å². The fourth-order valence-electron chi connectivity index (χ4n) is 1.18. The van der Waals surface area contributed by atoms with Crippen molar-refractivity contribution in [2.45, 2.75) is 13.3 Å². The summed E-state index contributed by atoms with van der Waals surface area (Å²) in [6, 6.07) is 10.1. The third-order valence-electron chi connectivity index (χ3n) is 1.93. The van der Waals surface area contributed by atoms with Crippen molar-refractivity contribution in [2.75, 3.05) is 6.61 Å². The summed E-state index contributed by atoms with van der Waals surface area (Å²) in [5, 5.41) is 0. The van der Waals surface area contributed by atoms with Gasteiger partial charge in [-0.3, -0.25) is 4.79 Å². The van der Waals surface area contributed by atoms with Crippen LogP contribution < -0.4 is 0 Å². The molecule has 1 aromatic rings. The molecule has 0 aliphatic carbocycles. The van der Waals surface area contributed by atoms with Gasteiger partial charge in [0.15, 0.2) is 0 Å². The van der Waals surface area contributed by atoms with Gasteiger partial charge in [0.2, 0.25) is 0 Å². The first-order valence-corrected chi connectivity index (χ1v) is 5.29. The van der Waals surface area contributed by atoms with Crippen molar-refractivity contribution in [1.29, 1.82) is 0 Å². The lowest BCUT2D eigenvalue weighted by molar-refractivity contribution is -0.139. The van der Waals surface area contributed by atoms with Crippen LogP contribution >= 0.6 is 0 Å². The molecule has 0 aliphatic heterocycles. The molecule has 1 aromatic carbocycles. The Labute approximate surface area is 96.2 Å². The number of carbonyl (C=O) groups excluding carboxylic acids is 1. The predicted molar refractivity (Wildman–Crippen MR) is 65.9 cm³/mol. The van der Waals surface area contributed by atoms with Crippen LogP contribution in [0, 0.1) is 0 Å². The highest BCUT2D eigenvalue weighted by Gasteiger charge is 1.85. The minimum atomic E-state index is -0.246. The van der Waals surface area contributed by atoms with E-state index in [4.69, 9.17) is 4.74 Å². The van der Waals surface area contributed by atoms with Crippen molar-refractivity contribution in [3.63, 3.8) is 0 Å². The third kappa shape index (κ3) is 5.81. The molecule has 0 amide bonds. The number of rotatable bonds is 5. The molecule has 0 heterocycles. The summed E-state index contributed by atoms with van der Waals surface area (Å²) in [5.41, 5.74) is 1.19. The van der Waals surface area contributed by atoms with Gasteiger partial charge in [-0.05, 0) is 12.0 Å². The van der Waals surface area contributed by atoms with E-state index in [1.165, 1.54) is 12.5 Å². The van der Waals surface area contributed by atoms with Crippen LogP contribution in [0.3, 0.4) is 0 Å². The van der Waals surface area contributed by atoms with E-state index in [-0.39, 0.29) is 5.97 Å². The molecule has 2 nitrogen and oxygen atoms in total.